The zero-order valence-electron chi connectivity index (χ0n) is 8.17. The zero-order valence-corrected chi connectivity index (χ0v) is 8.17. The van der Waals surface area contributed by atoms with Gasteiger partial charge < -0.3 is 9.84 Å². The SMILES string of the molecule is CC(O)C#CCOC(=O)c1cnccn1. The van der Waals surface area contributed by atoms with Gasteiger partial charge in [0.25, 0.3) is 0 Å². The number of hydrogen-bond acceptors (Lipinski definition) is 5. The lowest BCUT2D eigenvalue weighted by Gasteiger charge is -1.98. The number of esters is 1. The Morgan fingerprint density at radius 3 is 3.07 bits per heavy atom. The average Bonchev–Trinajstić information content (AvgIpc) is 2.25. The second kappa shape index (κ2) is 5.73. The van der Waals surface area contributed by atoms with E-state index in [2.05, 4.69) is 21.8 Å². The third-order valence-electron chi connectivity index (χ3n) is 1.36. The van der Waals surface area contributed by atoms with Crippen molar-refractivity contribution in [2.45, 2.75) is 13.0 Å². The highest BCUT2D eigenvalue weighted by atomic mass is 16.5. The molecule has 0 aliphatic rings. The van der Waals surface area contributed by atoms with Crippen LogP contribution in [0.5, 0.6) is 0 Å². The molecule has 1 N–H and O–H groups in total. The van der Waals surface area contributed by atoms with Gasteiger partial charge in [-0.3, -0.25) is 4.98 Å². The first-order chi connectivity index (χ1) is 7.20. The minimum atomic E-state index is -0.722. The molecule has 1 heterocycles. The number of carbonyl (C=O) groups excluding carboxylic acids is 1. The van der Waals surface area contributed by atoms with E-state index in [-0.39, 0.29) is 12.3 Å². The van der Waals surface area contributed by atoms with Crippen molar-refractivity contribution in [3.8, 4) is 11.8 Å². The van der Waals surface area contributed by atoms with Crippen LogP contribution in [0.15, 0.2) is 18.6 Å². The molecule has 0 aliphatic carbocycles. The molecule has 1 rings (SSSR count). The molecule has 0 aliphatic heterocycles. The van der Waals surface area contributed by atoms with E-state index in [1.807, 2.05) is 0 Å². The Labute approximate surface area is 87.1 Å². The van der Waals surface area contributed by atoms with Crippen LogP contribution < -0.4 is 0 Å². The smallest absolute Gasteiger partial charge is 0.359 e. The van der Waals surface area contributed by atoms with Crippen LogP contribution in [-0.4, -0.2) is 33.8 Å². The van der Waals surface area contributed by atoms with Crippen LogP contribution in [0.3, 0.4) is 0 Å². The highest BCUT2D eigenvalue weighted by Gasteiger charge is 2.06. The van der Waals surface area contributed by atoms with Crippen molar-refractivity contribution >= 4 is 5.97 Å². The zero-order chi connectivity index (χ0) is 11.1. The third kappa shape index (κ3) is 4.20. The van der Waals surface area contributed by atoms with Gasteiger partial charge in [-0.25, -0.2) is 9.78 Å². The Hall–Kier alpha value is -1.93. The van der Waals surface area contributed by atoms with Crippen molar-refractivity contribution in [3.63, 3.8) is 0 Å². The summed E-state index contributed by atoms with van der Waals surface area (Å²) in [5.41, 5.74) is 0.136. The summed E-state index contributed by atoms with van der Waals surface area (Å²) in [6, 6.07) is 0. The van der Waals surface area contributed by atoms with Gasteiger partial charge in [0.1, 0.15) is 6.10 Å². The Kier molecular flexibility index (Phi) is 4.26. The van der Waals surface area contributed by atoms with Crippen molar-refractivity contribution in [1.29, 1.82) is 0 Å². The van der Waals surface area contributed by atoms with Crippen LogP contribution in [0.2, 0.25) is 0 Å². The molecule has 15 heavy (non-hydrogen) atoms. The summed E-state index contributed by atoms with van der Waals surface area (Å²) in [7, 11) is 0. The molecule has 0 saturated heterocycles. The van der Waals surface area contributed by atoms with Gasteiger partial charge in [0, 0.05) is 12.4 Å². The number of carbonyl (C=O) groups is 1. The third-order valence-corrected chi connectivity index (χ3v) is 1.36. The predicted molar refractivity (Wildman–Crippen MR) is 51.8 cm³/mol. The van der Waals surface area contributed by atoms with E-state index in [1.165, 1.54) is 25.5 Å². The lowest BCUT2D eigenvalue weighted by molar-refractivity contribution is 0.0549. The van der Waals surface area contributed by atoms with Gasteiger partial charge in [-0.2, -0.15) is 0 Å². The second-order valence-electron chi connectivity index (χ2n) is 2.66. The maximum Gasteiger partial charge on any atom is 0.359 e. The van der Waals surface area contributed by atoms with Gasteiger partial charge in [-0.1, -0.05) is 11.8 Å². The number of rotatable bonds is 2. The first kappa shape index (κ1) is 11.1. The molecule has 5 heteroatoms. The molecule has 0 radical (unpaired) electrons. The van der Waals surface area contributed by atoms with Gasteiger partial charge in [0.15, 0.2) is 12.3 Å². The first-order valence-corrected chi connectivity index (χ1v) is 4.29. The molecule has 1 aromatic heterocycles. The van der Waals surface area contributed by atoms with Crippen molar-refractivity contribution in [3.05, 3.63) is 24.3 Å². The van der Waals surface area contributed by atoms with Crippen molar-refractivity contribution in [2.24, 2.45) is 0 Å². The van der Waals surface area contributed by atoms with Crippen LogP contribution in [0, 0.1) is 11.8 Å². The minimum Gasteiger partial charge on any atom is -0.448 e. The lowest BCUT2D eigenvalue weighted by atomic mass is 10.4. The summed E-state index contributed by atoms with van der Waals surface area (Å²) in [6.07, 6.45) is 3.45. The molecule has 0 amide bonds. The molecule has 1 unspecified atom stereocenters. The Balaban J connectivity index is 2.42. The number of aliphatic hydroxyl groups excluding tert-OH is 1. The van der Waals surface area contributed by atoms with Crippen LogP contribution >= 0.6 is 0 Å². The molecule has 0 saturated carbocycles. The summed E-state index contributed by atoms with van der Waals surface area (Å²) in [5.74, 6) is 4.36. The van der Waals surface area contributed by atoms with Gasteiger partial charge in [0.2, 0.25) is 0 Å². The molecule has 1 atom stereocenters. The van der Waals surface area contributed by atoms with Crippen LogP contribution in [0.25, 0.3) is 0 Å². The molecular weight excluding hydrogens is 196 g/mol. The maximum atomic E-state index is 11.2. The van der Waals surface area contributed by atoms with E-state index in [0.29, 0.717) is 0 Å². The molecule has 5 nitrogen and oxygen atoms in total. The molecule has 0 aromatic carbocycles. The van der Waals surface area contributed by atoms with E-state index >= 15 is 0 Å². The van der Waals surface area contributed by atoms with E-state index in [0.717, 1.165) is 0 Å². The average molecular weight is 206 g/mol. The standard InChI is InChI=1S/C10H10N2O3/c1-8(13)3-2-6-15-10(14)9-7-11-4-5-12-9/h4-5,7-8,13H,6H2,1H3. The van der Waals surface area contributed by atoms with Gasteiger partial charge in [-0.15, -0.1) is 0 Å². The first-order valence-electron chi connectivity index (χ1n) is 4.29. The number of aromatic nitrogens is 2. The number of ether oxygens (including phenoxy) is 1. The lowest BCUT2D eigenvalue weighted by Crippen LogP contribution is -2.08. The molecule has 0 spiro atoms. The highest BCUT2D eigenvalue weighted by molar-refractivity contribution is 5.86. The largest absolute Gasteiger partial charge is 0.448 e. The molecule has 0 fully saturated rings. The molecular formula is C10H10N2O3. The number of nitrogens with zero attached hydrogens (tertiary/aromatic N) is 2. The molecule has 1 aromatic rings. The van der Waals surface area contributed by atoms with Crippen molar-refractivity contribution in [1.82, 2.24) is 9.97 Å². The number of aliphatic hydroxyl groups is 1. The van der Waals surface area contributed by atoms with E-state index in [9.17, 15) is 4.79 Å². The fourth-order valence-corrected chi connectivity index (χ4v) is 0.769. The van der Waals surface area contributed by atoms with Crippen molar-refractivity contribution < 1.29 is 14.6 Å². The fourth-order valence-electron chi connectivity index (χ4n) is 0.769. The maximum absolute atomic E-state index is 11.2. The number of hydrogen-bond donors (Lipinski definition) is 1. The van der Waals surface area contributed by atoms with Crippen LogP contribution in [0.1, 0.15) is 17.4 Å². The summed E-state index contributed by atoms with van der Waals surface area (Å²) >= 11 is 0. The fraction of sp³-hybridized carbons (Fsp3) is 0.300. The molecule has 0 bridgehead atoms. The summed E-state index contributed by atoms with van der Waals surface area (Å²) in [5, 5.41) is 8.80. The summed E-state index contributed by atoms with van der Waals surface area (Å²) in [4.78, 5) is 18.7. The van der Waals surface area contributed by atoms with Gasteiger partial charge >= 0.3 is 5.97 Å². The Bertz CT molecular complexity index is 379. The van der Waals surface area contributed by atoms with E-state index < -0.39 is 12.1 Å². The van der Waals surface area contributed by atoms with Crippen LogP contribution in [-0.2, 0) is 4.74 Å². The Morgan fingerprint density at radius 1 is 1.67 bits per heavy atom. The van der Waals surface area contributed by atoms with E-state index in [4.69, 9.17) is 9.84 Å². The predicted octanol–water partition coefficient (Wildman–Crippen LogP) is 0.0176. The van der Waals surface area contributed by atoms with Gasteiger partial charge in [0.05, 0.1) is 6.20 Å². The minimum absolute atomic E-state index is 0.0691. The van der Waals surface area contributed by atoms with Crippen LogP contribution in [0.4, 0.5) is 0 Å². The normalized spacial score (nSPS) is 11.1. The topological polar surface area (TPSA) is 72.3 Å². The van der Waals surface area contributed by atoms with E-state index in [1.54, 1.807) is 0 Å². The highest BCUT2D eigenvalue weighted by Crippen LogP contribution is 1.93. The summed E-state index contributed by atoms with van der Waals surface area (Å²) in [6.45, 7) is 1.46. The van der Waals surface area contributed by atoms with Crippen molar-refractivity contribution in [2.75, 3.05) is 6.61 Å². The quantitative estimate of drug-likeness (QED) is 0.545. The second-order valence-corrected chi connectivity index (χ2v) is 2.66. The van der Waals surface area contributed by atoms with Gasteiger partial charge in [-0.05, 0) is 6.92 Å². The summed E-state index contributed by atoms with van der Waals surface area (Å²) < 4.78 is 4.75. The monoisotopic (exact) mass is 206 g/mol. The molecule has 78 valence electrons. The Morgan fingerprint density at radius 2 is 2.47 bits per heavy atom.